The zero-order valence-electron chi connectivity index (χ0n) is 12.3. The minimum atomic E-state index is -0.735. The van der Waals surface area contributed by atoms with Gasteiger partial charge in [-0.1, -0.05) is 31.4 Å². The molecule has 1 aromatic rings. The average Bonchev–Trinajstić information content (AvgIpc) is 2.82. The lowest BCUT2D eigenvalue weighted by Crippen LogP contribution is -2.27. The summed E-state index contributed by atoms with van der Waals surface area (Å²) in [5.41, 5.74) is 2.15. The third kappa shape index (κ3) is 2.23. The Kier molecular flexibility index (Phi) is 4.11. The SMILES string of the molecule is CCCC[C@]12CCC(=O)C(Br)=C1c1cc(F)c(O)c(Cl)c1C2. The highest BCUT2D eigenvalue weighted by atomic mass is 79.9. The first-order chi connectivity index (χ1) is 10.4. The number of phenolic OH excluding ortho intramolecular Hbond substituents is 1. The van der Waals surface area contributed by atoms with Crippen LogP contribution in [-0.2, 0) is 11.2 Å². The predicted octanol–water partition coefficient (Wildman–Crippen LogP) is 5.39. The van der Waals surface area contributed by atoms with Crippen LogP contribution in [0.2, 0.25) is 5.02 Å². The van der Waals surface area contributed by atoms with Crippen molar-refractivity contribution in [1.82, 2.24) is 0 Å². The van der Waals surface area contributed by atoms with Gasteiger partial charge in [0, 0.05) is 11.8 Å². The number of hydrogen-bond acceptors (Lipinski definition) is 2. The van der Waals surface area contributed by atoms with Crippen LogP contribution < -0.4 is 0 Å². The number of halogens is 3. The van der Waals surface area contributed by atoms with E-state index < -0.39 is 11.6 Å². The molecule has 0 unspecified atom stereocenters. The number of fused-ring (bicyclic) bond motifs is 3. The minimum Gasteiger partial charge on any atom is -0.504 e. The molecule has 2 aliphatic carbocycles. The van der Waals surface area contributed by atoms with E-state index in [4.69, 9.17) is 11.6 Å². The van der Waals surface area contributed by atoms with Gasteiger partial charge in [0.05, 0.1) is 9.51 Å². The number of carbonyl (C=O) groups is 1. The standard InChI is InChI=1S/C17H17BrClFO2/c1-2-3-5-17-6-4-12(21)14(18)13(17)9-7-11(20)16(22)15(19)10(9)8-17/h7,22H,2-6,8H2,1H3/t17-/m1/s1. The number of allylic oxidation sites excluding steroid dienone is 2. The summed E-state index contributed by atoms with van der Waals surface area (Å²) in [5.74, 6) is -1.17. The molecular formula is C17H17BrClFO2. The number of ketones is 1. The molecule has 0 aromatic heterocycles. The highest BCUT2D eigenvalue weighted by Gasteiger charge is 2.47. The van der Waals surface area contributed by atoms with Crippen LogP contribution in [0.5, 0.6) is 5.75 Å². The largest absolute Gasteiger partial charge is 0.504 e. The second kappa shape index (κ2) is 5.64. The third-order valence-electron chi connectivity index (χ3n) is 4.91. The number of hydrogen-bond donors (Lipinski definition) is 1. The first-order valence-corrected chi connectivity index (χ1v) is 8.72. The van der Waals surface area contributed by atoms with Crippen LogP contribution in [0.15, 0.2) is 10.5 Å². The molecular weight excluding hydrogens is 371 g/mol. The van der Waals surface area contributed by atoms with Gasteiger partial charge in [0.25, 0.3) is 0 Å². The summed E-state index contributed by atoms with van der Waals surface area (Å²) in [6.07, 6.45) is 4.95. The molecule has 0 fully saturated rings. The molecule has 2 nitrogen and oxygen atoms in total. The van der Waals surface area contributed by atoms with Crippen molar-refractivity contribution < 1.29 is 14.3 Å². The molecule has 0 heterocycles. The van der Waals surface area contributed by atoms with Crippen molar-refractivity contribution in [3.05, 3.63) is 32.5 Å². The van der Waals surface area contributed by atoms with E-state index >= 15 is 0 Å². The summed E-state index contributed by atoms with van der Waals surface area (Å²) in [5, 5.41) is 9.86. The lowest BCUT2D eigenvalue weighted by molar-refractivity contribution is -0.115. The van der Waals surface area contributed by atoms with Gasteiger partial charge in [-0.25, -0.2) is 4.39 Å². The Morgan fingerprint density at radius 1 is 1.50 bits per heavy atom. The molecule has 22 heavy (non-hydrogen) atoms. The van der Waals surface area contributed by atoms with Gasteiger partial charge in [0.15, 0.2) is 17.3 Å². The fourth-order valence-electron chi connectivity index (χ4n) is 3.78. The lowest BCUT2D eigenvalue weighted by Gasteiger charge is -2.35. The van der Waals surface area contributed by atoms with E-state index in [1.165, 1.54) is 6.07 Å². The van der Waals surface area contributed by atoms with Crippen LogP contribution in [0.25, 0.3) is 5.57 Å². The van der Waals surface area contributed by atoms with Crippen molar-refractivity contribution in [2.75, 3.05) is 0 Å². The number of carbonyl (C=O) groups excluding carboxylic acids is 1. The number of Topliss-reactive ketones (excluding diaryl/α,β-unsaturated/α-hetero) is 1. The number of unbranched alkanes of at least 4 members (excludes halogenated alkanes) is 1. The molecule has 2 aliphatic rings. The topological polar surface area (TPSA) is 37.3 Å². The van der Waals surface area contributed by atoms with E-state index in [9.17, 15) is 14.3 Å². The van der Waals surface area contributed by atoms with Crippen molar-refractivity contribution in [3.8, 4) is 5.75 Å². The zero-order chi connectivity index (χ0) is 16.1. The Morgan fingerprint density at radius 2 is 2.23 bits per heavy atom. The molecule has 0 radical (unpaired) electrons. The highest BCUT2D eigenvalue weighted by molar-refractivity contribution is 9.12. The minimum absolute atomic E-state index is 0.0552. The Hall–Kier alpha value is -0.870. The Labute approximate surface area is 142 Å². The van der Waals surface area contributed by atoms with Crippen LogP contribution in [0, 0.1) is 11.2 Å². The molecule has 0 saturated carbocycles. The quantitative estimate of drug-likeness (QED) is 0.755. The van der Waals surface area contributed by atoms with Crippen molar-refractivity contribution in [3.63, 3.8) is 0 Å². The average molecular weight is 388 g/mol. The van der Waals surface area contributed by atoms with Gasteiger partial charge in [-0.2, -0.15) is 0 Å². The molecule has 0 spiro atoms. The van der Waals surface area contributed by atoms with Crippen LogP contribution in [0.1, 0.15) is 50.2 Å². The molecule has 118 valence electrons. The summed E-state index contributed by atoms with van der Waals surface area (Å²) in [6, 6.07) is 1.32. The van der Waals surface area contributed by atoms with Crippen molar-refractivity contribution >= 4 is 38.9 Å². The van der Waals surface area contributed by atoms with E-state index in [2.05, 4.69) is 22.9 Å². The fourth-order valence-corrected chi connectivity index (χ4v) is 4.87. The zero-order valence-corrected chi connectivity index (χ0v) is 14.7. The Bertz CT molecular complexity index is 698. The van der Waals surface area contributed by atoms with Gasteiger partial charge in [-0.05, 0) is 58.0 Å². The van der Waals surface area contributed by atoms with E-state index in [0.29, 0.717) is 22.9 Å². The number of phenols is 1. The van der Waals surface area contributed by atoms with E-state index in [0.717, 1.165) is 36.8 Å². The fraction of sp³-hybridized carbons (Fsp3) is 0.471. The van der Waals surface area contributed by atoms with E-state index in [1.54, 1.807) is 0 Å². The number of benzene rings is 1. The Balaban J connectivity index is 2.23. The van der Waals surface area contributed by atoms with Crippen LogP contribution >= 0.6 is 27.5 Å². The van der Waals surface area contributed by atoms with Crippen LogP contribution in [0.4, 0.5) is 4.39 Å². The summed E-state index contributed by atoms with van der Waals surface area (Å²) in [7, 11) is 0. The van der Waals surface area contributed by atoms with E-state index in [1.807, 2.05) is 0 Å². The van der Waals surface area contributed by atoms with E-state index in [-0.39, 0.29) is 16.2 Å². The lowest BCUT2D eigenvalue weighted by atomic mass is 9.69. The maximum atomic E-state index is 13.9. The first-order valence-electron chi connectivity index (χ1n) is 7.55. The van der Waals surface area contributed by atoms with Crippen molar-refractivity contribution in [2.45, 2.75) is 45.4 Å². The highest BCUT2D eigenvalue weighted by Crippen LogP contribution is 2.59. The molecule has 5 heteroatoms. The van der Waals surface area contributed by atoms with Crippen molar-refractivity contribution in [1.29, 1.82) is 0 Å². The van der Waals surface area contributed by atoms with Gasteiger partial charge < -0.3 is 5.11 Å². The number of aromatic hydroxyl groups is 1. The molecule has 3 rings (SSSR count). The second-order valence-corrected chi connectivity index (χ2v) is 7.39. The summed E-state index contributed by atoms with van der Waals surface area (Å²) in [4.78, 5) is 12.1. The van der Waals surface area contributed by atoms with Gasteiger partial charge in [0.1, 0.15) is 0 Å². The predicted molar refractivity (Wildman–Crippen MR) is 88.8 cm³/mol. The Morgan fingerprint density at radius 3 is 2.91 bits per heavy atom. The van der Waals surface area contributed by atoms with Crippen LogP contribution in [-0.4, -0.2) is 10.9 Å². The molecule has 0 amide bonds. The number of rotatable bonds is 3. The molecule has 1 N–H and O–H groups in total. The molecule has 1 atom stereocenters. The molecule has 0 aliphatic heterocycles. The molecule has 1 aromatic carbocycles. The van der Waals surface area contributed by atoms with Gasteiger partial charge in [0.2, 0.25) is 0 Å². The van der Waals surface area contributed by atoms with Crippen molar-refractivity contribution in [2.24, 2.45) is 5.41 Å². The maximum Gasteiger partial charge on any atom is 0.170 e. The monoisotopic (exact) mass is 386 g/mol. The molecule has 0 bridgehead atoms. The van der Waals surface area contributed by atoms with Gasteiger partial charge >= 0.3 is 0 Å². The second-order valence-electron chi connectivity index (χ2n) is 6.22. The smallest absolute Gasteiger partial charge is 0.170 e. The third-order valence-corrected chi connectivity index (χ3v) is 6.16. The summed E-state index contributed by atoms with van der Waals surface area (Å²) < 4.78 is 14.5. The summed E-state index contributed by atoms with van der Waals surface area (Å²) >= 11 is 9.60. The normalized spacial score (nSPS) is 23.7. The van der Waals surface area contributed by atoms with Gasteiger partial charge in [-0.3, -0.25) is 4.79 Å². The molecule has 0 saturated heterocycles. The van der Waals surface area contributed by atoms with Gasteiger partial charge in [-0.15, -0.1) is 0 Å². The summed E-state index contributed by atoms with van der Waals surface area (Å²) in [6.45, 7) is 2.13. The maximum absolute atomic E-state index is 13.9. The first kappa shape index (κ1) is 16.0. The van der Waals surface area contributed by atoms with Crippen LogP contribution in [0.3, 0.4) is 0 Å².